The van der Waals surface area contributed by atoms with Crippen molar-refractivity contribution in [2.75, 3.05) is 6.61 Å². The number of aromatic nitrogens is 2. The number of esters is 1. The number of fused-ring (bicyclic) bond motifs is 1. The lowest BCUT2D eigenvalue weighted by atomic mass is 10.2. The monoisotopic (exact) mass is 314 g/mol. The van der Waals surface area contributed by atoms with E-state index in [9.17, 15) is 9.59 Å². The van der Waals surface area contributed by atoms with Crippen LogP contribution in [0.15, 0.2) is 41.5 Å². The molecule has 2 heterocycles. The zero-order valence-corrected chi connectivity index (χ0v) is 13.0. The maximum atomic E-state index is 11.8. The summed E-state index contributed by atoms with van der Waals surface area (Å²) in [6.07, 6.45) is 3.15. The lowest BCUT2D eigenvalue weighted by Gasteiger charge is -2.08. The second-order valence-electron chi connectivity index (χ2n) is 4.74. The summed E-state index contributed by atoms with van der Waals surface area (Å²) in [7, 11) is 0. The molecule has 5 nitrogen and oxygen atoms in total. The molecule has 0 saturated heterocycles. The fourth-order valence-corrected chi connectivity index (χ4v) is 3.06. The number of pyridine rings is 1. The van der Waals surface area contributed by atoms with Gasteiger partial charge in [0.1, 0.15) is 5.56 Å². The fraction of sp³-hybridized carbons (Fsp3) is 0.188. The average molecular weight is 314 g/mol. The molecule has 2 aromatic heterocycles. The Hall–Kier alpha value is -2.47. The molecule has 22 heavy (non-hydrogen) atoms. The van der Waals surface area contributed by atoms with E-state index in [0.29, 0.717) is 0 Å². The van der Waals surface area contributed by atoms with E-state index in [1.54, 1.807) is 29.0 Å². The van der Waals surface area contributed by atoms with Crippen LogP contribution >= 0.6 is 11.3 Å². The standard InChI is InChI=1S/C16H14N2O3S/c1-3-21-16(20)12-9-18(7-6-14(12)19)11-4-5-13-15(8-11)22-10(2)17-13/h4-9H,3H2,1-2H3. The van der Waals surface area contributed by atoms with Crippen molar-refractivity contribution in [2.24, 2.45) is 0 Å². The van der Waals surface area contributed by atoms with E-state index in [1.807, 2.05) is 25.1 Å². The van der Waals surface area contributed by atoms with Crippen LogP contribution in [-0.2, 0) is 4.74 Å². The highest BCUT2D eigenvalue weighted by molar-refractivity contribution is 7.18. The van der Waals surface area contributed by atoms with Gasteiger partial charge in [-0.3, -0.25) is 4.79 Å². The highest BCUT2D eigenvalue weighted by atomic mass is 32.1. The summed E-state index contributed by atoms with van der Waals surface area (Å²) in [5.41, 5.74) is 1.49. The first kappa shape index (κ1) is 14.5. The van der Waals surface area contributed by atoms with Crippen molar-refractivity contribution in [3.05, 3.63) is 57.5 Å². The largest absolute Gasteiger partial charge is 0.462 e. The first-order chi connectivity index (χ1) is 10.6. The van der Waals surface area contributed by atoms with Gasteiger partial charge in [-0.15, -0.1) is 11.3 Å². The van der Waals surface area contributed by atoms with Gasteiger partial charge < -0.3 is 9.30 Å². The van der Waals surface area contributed by atoms with E-state index in [2.05, 4.69) is 4.98 Å². The van der Waals surface area contributed by atoms with Gasteiger partial charge in [0.05, 0.1) is 21.8 Å². The van der Waals surface area contributed by atoms with Gasteiger partial charge in [0.2, 0.25) is 0 Å². The van der Waals surface area contributed by atoms with Crippen LogP contribution in [-0.4, -0.2) is 22.1 Å². The molecule has 0 amide bonds. The Morgan fingerprint density at radius 2 is 2.18 bits per heavy atom. The number of benzene rings is 1. The molecule has 0 aliphatic heterocycles. The van der Waals surface area contributed by atoms with Gasteiger partial charge in [0, 0.05) is 24.1 Å². The van der Waals surface area contributed by atoms with Crippen molar-refractivity contribution in [2.45, 2.75) is 13.8 Å². The molecule has 0 fully saturated rings. The Bertz CT molecular complexity index is 911. The minimum Gasteiger partial charge on any atom is -0.462 e. The van der Waals surface area contributed by atoms with Crippen molar-refractivity contribution in [1.82, 2.24) is 9.55 Å². The van der Waals surface area contributed by atoms with Crippen molar-refractivity contribution in [3.63, 3.8) is 0 Å². The first-order valence-corrected chi connectivity index (χ1v) is 7.67. The quantitative estimate of drug-likeness (QED) is 0.697. The summed E-state index contributed by atoms with van der Waals surface area (Å²) in [6.45, 7) is 3.90. The predicted molar refractivity (Wildman–Crippen MR) is 85.9 cm³/mol. The summed E-state index contributed by atoms with van der Waals surface area (Å²) in [5, 5.41) is 0.999. The number of carbonyl (C=O) groups is 1. The van der Waals surface area contributed by atoms with Crippen LogP contribution in [0.2, 0.25) is 0 Å². The number of ether oxygens (including phenoxy) is 1. The second-order valence-corrected chi connectivity index (χ2v) is 5.97. The molecule has 0 unspecified atom stereocenters. The van der Waals surface area contributed by atoms with Crippen LogP contribution < -0.4 is 5.43 Å². The fourth-order valence-electron chi connectivity index (χ4n) is 2.20. The van der Waals surface area contributed by atoms with Crippen LogP contribution in [0, 0.1) is 6.92 Å². The van der Waals surface area contributed by atoms with Crippen LogP contribution in [0.5, 0.6) is 0 Å². The Morgan fingerprint density at radius 3 is 2.95 bits per heavy atom. The summed E-state index contributed by atoms with van der Waals surface area (Å²) >= 11 is 1.60. The number of thiazole rings is 1. The van der Waals surface area contributed by atoms with E-state index in [0.717, 1.165) is 20.9 Å². The molecule has 6 heteroatoms. The lowest BCUT2D eigenvalue weighted by molar-refractivity contribution is 0.0524. The maximum Gasteiger partial charge on any atom is 0.343 e. The van der Waals surface area contributed by atoms with Gasteiger partial charge in [-0.25, -0.2) is 9.78 Å². The molecular weight excluding hydrogens is 300 g/mol. The second kappa shape index (κ2) is 5.73. The zero-order valence-electron chi connectivity index (χ0n) is 12.2. The summed E-state index contributed by atoms with van der Waals surface area (Å²) < 4.78 is 7.71. The Labute approximate surface area is 130 Å². The molecule has 0 radical (unpaired) electrons. The van der Waals surface area contributed by atoms with Gasteiger partial charge >= 0.3 is 5.97 Å². The average Bonchev–Trinajstić information content (AvgIpc) is 2.87. The molecule has 0 aliphatic carbocycles. The van der Waals surface area contributed by atoms with Gasteiger partial charge in [0.25, 0.3) is 0 Å². The number of hydrogen-bond acceptors (Lipinski definition) is 5. The van der Waals surface area contributed by atoms with Crippen molar-refractivity contribution < 1.29 is 9.53 Å². The maximum absolute atomic E-state index is 11.8. The van der Waals surface area contributed by atoms with Gasteiger partial charge in [0.15, 0.2) is 5.43 Å². The molecule has 112 valence electrons. The third-order valence-electron chi connectivity index (χ3n) is 3.19. The molecule has 0 saturated carbocycles. The van der Waals surface area contributed by atoms with Gasteiger partial charge in [-0.1, -0.05) is 0 Å². The third kappa shape index (κ3) is 2.65. The van der Waals surface area contributed by atoms with Crippen LogP contribution in [0.25, 0.3) is 15.9 Å². The van der Waals surface area contributed by atoms with E-state index in [1.165, 1.54) is 12.3 Å². The van der Waals surface area contributed by atoms with Crippen molar-refractivity contribution >= 4 is 27.5 Å². The molecular formula is C16H14N2O3S. The highest BCUT2D eigenvalue weighted by Gasteiger charge is 2.12. The van der Waals surface area contributed by atoms with Crippen LogP contribution in [0.3, 0.4) is 0 Å². The SMILES string of the molecule is CCOC(=O)c1cn(-c2ccc3nc(C)sc3c2)ccc1=O. The van der Waals surface area contributed by atoms with E-state index < -0.39 is 5.97 Å². The molecule has 0 aliphatic rings. The van der Waals surface area contributed by atoms with Crippen LogP contribution in [0.4, 0.5) is 0 Å². The van der Waals surface area contributed by atoms with E-state index >= 15 is 0 Å². The molecule has 3 aromatic rings. The lowest BCUT2D eigenvalue weighted by Crippen LogP contribution is -2.18. The molecule has 0 spiro atoms. The molecule has 0 atom stereocenters. The number of aryl methyl sites for hydroxylation is 1. The third-order valence-corrected chi connectivity index (χ3v) is 4.13. The van der Waals surface area contributed by atoms with Crippen LogP contribution in [0.1, 0.15) is 22.3 Å². The number of hydrogen-bond donors (Lipinski definition) is 0. The number of nitrogens with zero attached hydrogens (tertiary/aromatic N) is 2. The molecule has 1 aromatic carbocycles. The minimum atomic E-state index is -0.600. The topological polar surface area (TPSA) is 61.2 Å². The first-order valence-electron chi connectivity index (χ1n) is 6.85. The molecule has 0 N–H and O–H groups in total. The number of rotatable bonds is 3. The minimum absolute atomic E-state index is 0.0323. The predicted octanol–water partition coefficient (Wildman–Crippen LogP) is 2.93. The summed E-state index contributed by atoms with van der Waals surface area (Å²) in [6, 6.07) is 7.19. The van der Waals surface area contributed by atoms with Crippen molar-refractivity contribution in [3.8, 4) is 5.69 Å². The van der Waals surface area contributed by atoms with Gasteiger partial charge in [-0.2, -0.15) is 0 Å². The normalized spacial score (nSPS) is 10.8. The molecule has 0 bridgehead atoms. The van der Waals surface area contributed by atoms with E-state index in [-0.39, 0.29) is 17.6 Å². The van der Waals surface area contributed by atoms with Gasteiger partial charge in [-0.05, 0) is 32.0 Å². The zero-order chi connectivity index (χ0) is 15.7. The Kier molecular flexibility index (Phi) is 3.77. The summed E-state index contributed by atoms with van der Waals surface area (Å²) in [4.78, 5) is 28.1. The Morgan fingerprint density at radius 1 is 1.36 bits per heavy atom. The highest BCUT2D eigenvalue weighted by Crippen LogP contribution is 2.24. The van der Waals surface area contributed by atoms with E-state index in [4.69, 9.17) is 4.74 Å². The molecule has 3 rings (SSSR count). The number of carbonyl (C=O) groups excluding carboxylic acids is 1. The van der Waals surface area contributed by atoms with Crippen molar-refractivity contribution in [1.29, 1.82) is 0 Å². The summed E-state index contributed by atoms with van der Waals surface area (Å²) in [5.74, 6) is -0.600. The Balaban J connectivity index is 2.08. The smallest absolute Gasteiger partial charge is 0.343 e.